The van der Waals surface area contributed by atoms with Crippen LogP contribution in [0.5, 0.6) is 5.75 Å². The lowest BCUT2D eigenvalue weighted by molar-refractivity contribution is -0.153. The number of carbonyl (C=O) groups is 3. The summed E-state index contributed by atoms with van der Waals surface area (Å²) in [5, 5.41) is 44.9. The quantitative estimate of drug-likeness (QED) is 0.298. The van der Waals surface area contributed by atoms with Crippen LogP contribution >= 0.6 is 0 Å². The molecule has 1 heterocycles. The second kappa shape index (κ2) is 10.6. The molecule has 11 nitrogen and oxygen atoms in total. The number of ketones is 2. The molecule has 1 aromatic carbocycles. The van der Waals surface area contributed by atoms with Crippen LogP contribution in [0.4, 0.5) is 13.2 Å². The zero-order chi connectivity index (χ0) is 31.8. The summed E-state index contributed by atoms with van der Waals surface area (Å²) in [7, 11) is 2.88. The summed E-state index contributed by atoms with van der Waals surface area (Å²) in [6, 6.07) is -0.534. The first-order valence-electron chi connectivity index (χ1n) is 14.0. The Balaban J connectivity index is 1.70. The van der Waals surface area contributed by atoms with Gasteiger partial charge in [-0.25, -0.2) is 0 Å². The fourth-order valence-corrected chi connectivity index (χ4v) is 7.39. The molecular formula is C29H34F3N3O8. The number of phenols is 1. The Morgan fingerprint density at radius 3 is 2.42 bits per heavy atom. The van der Waals surface area contributed by atoms with Gasteiger partial charge in [-0.3, -0.25) is 24.2 Å². The van der Waals surface area contributed by atoms with Crippen molar-refractivity contribution in [3.8, 4) is 5.75 Å². The number of hydrogen-bond acceptors (Lipinski definition) is 10. The van der Waals surface area contributed by atoms with E-state index in [1.54, 1.807) is 6.92 Å². The molecule has 1 amide bonds. The van der Waals surface area contributed by atoms with Crippen LogP contribution in [0.25, 0.3) is 5.76 Å². The van der Waals surface area contributed by atoms with Crippen LogP contribution in [-0.2, 0) is 38.3 Å². The highest BCUT2D eigenvalue weighted by Crippen LogP contribution is 2.54. The highest BCUT2D eigenvalue weighted by Gasteiger charge is 2.64. The van der Waals surface area contributed by atoms with Crippen LogP contribution in [0.2, 0.25) is 0 Å². The monoisotopic (exact) mass is 609 g/mol. The smallest absolute Gasteiger partial charge is 0.417 e. The SMILES string of the molecule is CCN(Cc1cc(O)c2c(c1C(F)(F)F)C[C@H]1C[C@H]3[C@H](N(C)C)C(=O)C(C(N)=O)=C(O)[C@@]3(O)C(=O)C1=C2O)C1CCOC1. The molecule has 0 radical (unpaired) electrons. The average Bonchev–Trinajstić information content (AvgIpc) is 3.43. The maximum atomic E-state index is 14.8. The number of nitrogens with two attached hydrogens (primary N) is 1. The number of aliphatic hydroxyl groups excluding tert-OH is 2. The molecule has 5 atom stereocenters. The van der Waals surface area contributed by atoms with Crippen LogP contribution in [0.3, 0.4) is 0 Å². The van der Waals surface area contributed by atoms with Crippen LogP contribution in [0, 0.1) is 11.8 Å². The fraction of sp³-hybridized carbons (Fsp3) is 0.552. The number of ether oxygens (including phenoxy) is 1. The van der Waals surface area contributed by atoms with Crippen LogP contribution < -0.4 is 5.73 Å². The minimum atomic E-state index is -4.90. The summed E-state index contributed by atoms with van der Waals surface area (Å²) in [6.45, 7) is 2.91. The van der Waals surface area contributed by atoms with E-state index in [2.05, 4.69) is 0 Å². The van der Waals surface area contributed by atoms with Crippen molar-refractivity contribution in [2.45, 2.75) is 56.6 Å². The van der Waals surface area contributed by atoms with Crippen LogP contribution in [0.1, 0.15) is 42.0 Å². The molecule has 43 heavy (non-hydrogen) atoms. The van der Waals surface area contributed by atoms with Gasteiger partial charge < -0.3 is 30.9 Å². The molecule has 4 aliphatic rings. The number of alkyl halides is 3. The lowest BCUT2D eigenvalue weighted by Crippen LogP contribution is -2.65. The predicted molar refractivity (Wildman–Crippen MR) is 145 cm³/mol. The number of nitrogens with zero attached hydrogens (tertiary/aromatic N) is 2. The standard InChI is InChI=1S/C29H34F3N3O8/c1-4-35(14-5-6-43-11-14)10-13-9-17(36)19-15(21(13)29(30,31)32)7-12-8-16-22(34(2)3)24(38)20(27(33)41)26(40)28(16,42)25(39)18(12)23(19)37/h9,12,14,16,22,36-37,40,42H,4-8,10-11H2,1-3H3,(H2,33,41)/t12-,14?,16-,22-,28-/m0/s1. The van der Waals surface area contributed by atoms with Crippen LogP contribution in [0.15, 0.2) is 23.0 Å². The lowest BCUT2D eigenvalue weighted by atomic mass is 9.57. The number of aromatic hydroxyl groups is 1. The first kappa shape index (κ1) is 31.0. The maximum Gasteiger partial charge on any atom is 0.417 e. The molecule has 0 spiro atoms. The Morgan fingerprint density at radius 2 is 1.88 bits per heavy atom. The van der Waals surface area contributed by atoms with Gasteiger partial charge in [0, 0.05) is 30.7 Å². The van der Waals surface area contributed by atoms with Crippen molar-refractivity contribution in [2.75, 3.05) is 33.9 Å². The van der Waals surface area contributed by atoms with Gasteiger partial charge in [-0.05, 0) is 63.0 Å². The Hall–Kier alpha value is -3.46. The molecule has 1 aromatic rings. The Bertz CT molecular complexity index is 1460. The van der Waals surface area contributed by atoms with Gasteiger partial charge in [-0.15, -0.1) is 0 Å². The number of Topliss-reactive ketones (excluding diaryl/α,β-unsaturated/α-hetero) is 2. The van der Waals surface area contributed by atoms with Crippen molar-refractivity contribution in [1.29, 1.82) is 0 Å². The van der Waals surface area contributed by atoms with E-state index in [0.717, 1.165) is 6.07 Å². The minimum absolute atomic E-state index is 0.115. The van der Waals surface area contributed by atoms with Gasteiger partial charge >= 0.3 is 6.18 Å². The topological polar surface area (TPSA) is 174 Å². The summed E-state index contributed by atoms with van der Waals surface area (Å²) < 4.78 is 49.8. The van der Waals surface area contributed by atoms with Crippen molar-refractivity contribution in [1.82, 2.24) is 9.80 Å². The van der Waals surface area contributed by atoms with Crippen molar-refractivity contribution in [2.24, 2.45) is 17.6 Å². The van der Waals surface area contributed by atoms with Crippen molar-refractivity contribution < 1.29 is 52.7 Å². The minimum Gasteiger partial charge on any atom is -0.508 e. The van der Waals surface area contributed by atoms with Gasteiger partial charge in [0.2, 0.25) is 5.78 Å². The number of hydrogen-bond donors (Lipinski definition) is 5. The molecule has 1 saturated carbocycles. The van der Waals surface area contributed by atoms with Gasteiger partial charge in [0.1, 0.15) is 22.8 Å². The van der Waals surface area contributed by atoms with E-state index in [1.165, 1.54) is 19.0 Å². The predicted octanol–water partition coefficient (Wildman–Crippen LogP) is 1.59. The summed E-state index contributed by atoms with van der Waals surface area (Å²) >= 11 is 0. The number of benzene rings is 1. The molecular weight excluding hydrogens is 575 g/mol. The van der Waals surface area contributed by atoms with Gasteiger partial charge in [0.25, 0.3) is 5.91 Å². The number of fused-ring (bicyclic) bond motifs is 3. The maximum absolute atomic E-state index is 14.8. The number of aliphatic hydroxyl groups is 3. The highest BCUT2D eigenvalue weighted by molar-refractivity contribution is 6.24. The van der Waals surface area contributed by atoms with E-state index in [1.807, 2.05) is 4.90 Å². The van der Waals surface area contributed by atoms with Gasteiger partial charge in [-0.1, -0.05) is 6.92 Å². The molecule has 14 heteroatoms. The van der Waals surface area contributed by atoms with E-state index >= 15 is 0 Å². The molecule has 0 bridgehead atoms. The number of halogens is 3. The Kier molecular flexibility index (Phi) is 7.65. The lowest BCUT2D eigenvalue weighted by Gasteiger charge is -2.50. The zero-order valence-corrected chi connectivity index (χ0v) is 23.9. The fourth-order valence-electron chi connectivity index (χ4n) is 7.39. The summed E-state index contributed by atoms with van der Waals surface area (Å²) in [4.78, 5) is 42.4. The number of primary amides is 1. The number of phenolic OH excluding ortho intramolecular Hbond substituents is 1. The van der Waals surface area contributed by atoms with E-state index in [0.29, 0.717) is 26.2 Å². The van der Waals surface area contributed by atoms with Crippen molar-refractivity contribution in [3.63, 3.8) is 0 Å². The Labute approximate surface area is 245 Å². The number of rotatable bonds is 6. The molecule has 3 aliphatic carbocycles. The highest BCUT2D eigenvalue weighted by atomic mass is 19.4. The van der Waals surface area contributed by atoms with Crippen LogP contribution in [-0.4, -0.2) is 99.2 Å². The molecule has 6 N–H and O–H groups in total. The Morgan fingerprint density at radius 1 is 1.21 bits per heavy atom. The second-order valence-corrected chi connectivity index (χ2v) is 11.8. The summed E-state index contributed by atoms with van der Waals surface area (Å²) in [5.41, 5.74) is -1.32. The molecule has 5 rings (SSSR count). The molecule has 1 unspecified atom stereocenters. The normalized spacial score (nSPS) is 29.3. The van der Waals surface area contributed by atoms with Gasteiger partial charge in [0.05, 0.1) is 23.8 Å². The van der Waals surface area contributed by atoms with Crippen molar-refractivity contribution >= 4 is 23.2 Å². The van der Waals surface area contributed by atoms with Gasteiger partial charge in [0.15, 0.2) is 11.4 Å². The van der Waals surface area contributed by atoms with E-state index < -0.39 is 98.7 Å². The van der Waals surface area contributed by atoms with E-state index in [4.69, 9.17) is 10.5 Å². The third-order valence-corrected chi connectivity index (χ3v) is 9.29. The van der Waals surface area contributed by atoms with Gasteiger partial charge in [-0.2, -0.15) is 13.2 Å². The first-order chi connectivity index (χ1) is 20.0. The molecule has 0 aromatic heterocycles. The van der Waals surface area contributed by atoms with Crippen molar-refractivity contribution in [3.05, 3.63) is 45.2 Å². The summed E-state index contributed by atoms with van der Waals surface area (Å²) in [6.07, 6.45) is -5.03. The van der Waals surface area contributed by atoms with E-state index in [9.17, 15) is 48.0 Å². The third kappa shape index (κ3) is 4.62. The number of likely N-dealkylation sites (N-methyl/N-ethyl adjacent to an activating group) is 2. The summed E-state index contributed by atoms with van der Waals surface area (Å²) in [5.74, 6) is -9.06. The number of carbonyl (C=O) groups excluding carboxylic acids is 3. The molecule has 1 saturated heterocycles. The largest absolute Gasteiger partial charge is 0.508 e. The second-order valence-electron chi connectivity index (χ2n) is 11.8. The molecule has 2 fully saturated rings. The zero-order valence-electron chi connectivity index (χ0n) is 23.9. The number of amides is 1. The molecule has 234 valence electrons. The molecule has 1 aliphatic heterocycles. The first-order valence-corrected chi connectivity index (χ1v) is 14.0. The van der Waals surface area contributed by atoms with E-state index in [-0.39, 0.29) is 24.6 Å². The third-order valence-electron chi connectivity index (χ3n) is 9.29. The average molecular weight is 610 g/mol.